The number of carbonyl (C=O) groups is 1. The Morgan fingerprint density at radius 2 is 2.07 bits per heavy atom. The highest BCUT2D eigenvalue weighted by Crippen LogP contribution is 2.31. The second-order valence-corrected chi connectivity index (χ2v) is 7.09. The molecule has 2 aromatic carbocycles. The minimum absolute atomic E-state index is 0.0327. The third-order valence-corrected chi connectivity index (χ3v) is 4.97. The zero-order valence-corrected chi connectivity index (χ0v) is 17.2. The van der Waals surface area contributed by atoms with Gasteiger partial charge in [-0.2, -0.15) is 0 Å². The van der Waals surface area contributed by atoms with Crippen LogP contribution in [-0.2, 0) is 0 Å². The number of methoxy groups -OCH3 is 1. The van der Waals surface area contributed by atoms with Gasteiger partial charge in [0, 0.05) is 24.7 Å². The van der Waals surface area contributed by atoms with Gasteiger partial charge in [-0.15, -0.1) is 0 Å². The zero-order chi connectivity index (χ0) is 21.1. The fourth-order valence-corrected chi connectivity index (χ4v) is 3.24. The van der Waals surface area contributed by atoms with Crippen LogP contribution in [0.4, 0.5) is 0 Å². The monoisotopic (exact) mass is 405 g/mol. The Balaban J connectivity index is 1.66. The molecule has 4 aromatic rings. The van der Waals surface area contributed by atoms with Crippen LogP contribution in [-0.4, -0.2) is 41.6 Å². The van der Waals surface area contributed by atoms with Gasteiger partial charge in [0.15, 0.2) is 5.58 Å². The molecule has 0 N–H and O–H groups in total. The van der Waals surface area contributed by atoms with E-state index in [1.807, 2.05) is 31.3 Å². The Bertz CT molecular complexity index is 1180. The molecule has 0 spiro atoms. The van der Waals surface area contributed by atoms with Gasteiger partial charge in [0.1, 0.15) is 23.4 Å². The highest BCUT2D eigenvalue weighted by molar-refractivity contribution is 6.00. The first kappa shape index (κ1) is 19.7. The molecule has 0 radical (unpaired) electrons. The first-order valence-corrected chi connectivity index (χ1v) is 9.86. The molecule has 7 heteroatoms. The maximum atomic E-state index is 12.7. The number of fused-ring (bicyclic) bond motifs is 1. The van der Waals surface area contributed by atoms with E-state index in [0.29, 0.717) is 28.4 Å². The van der Waals surface area contributed by atoms with Crippen molar-refractivity contribution in [2.24, 2.45) is 0 Å². The lowest BCUT2D eigenvalue weighted by Crippen LogP contribution is -2.27. The predicted octanol–water partition coefficient (Wildman–Crippen LogP) is 5.03. The third kappa shape index (κ3) is 3.78. The smallest absolute Gasteiger partial charge is 0.253 e. The summed E-state index contributed by atoms with van der Waals surface area (Å²) in [6, 6.07) is 12.8. The highest BCUT2D eigenvalue weighted by atomic mass is 16.5. The van der Waals surface area contributed by atoms with E-state index in [-0.39, 0.29) is 5.91 Å². The van der Waals surface area contributed by atoms with Crippen molar-refractivity contribution >= 4 is 16.9 Å². The van der Waals surface area contributed by atoms with Gasteiger partial charge in [-0.05, 0) is 42.8 Å². The molecule has 0 aliphatic carbocycles. The van der Waals surface area contributed by atoms with E-state index in [9.17, 15) is 4.79 Å². The molecule has 0 fully saturated rings. The second kappa shape index (κ2) is 8.41. The summed E-state index contributed by atoms with van der Waals surface area (Å²) < 4.78 is 16.4. The number of unbranched alkanes of at least 4 members (excludes halogenated alkanes) is 1. The predicted molar refractivity (Wildman–Crippen MR) is 113 cm³/mol. The first-order valence-electron chi connectivity index (χ1n) is 9.86. The van der Waals surface area contributed by atoms with E-state index in [2.05, 4.69) is 17.1 Å². The minimum Gasteiger partial charge on any atom is -0.497 e. The molecule has 0 bridgehead atoms. The van der Waals surface area contributed by atoms with Gasteiger partial charge >= 0.3 is 0 Å². The van der Waals surface area contributed by atoms with E-state index in [0.717, 1.165) is 36.1 Å². The Hall–Kier alpha value is -3.61. The van der Waals surface area contributed by atoms with E-state index < -0.39 is 0 Å². The number of ether oxygens (including phenoxy) is 1. The quantitative estimate of drug-likeness (QED) is 0.429. The van der Waals surface area contributed by atoms with Crippen LogP contribution in [0.2, 0.25) is 0 Å². The standard InChI is InChI=1S/C23H23N3O4/c1-4-5-11-26(2)23(27)16-9-10-20-18(13-16)21(25-30-20)19-14-29-22(24-19)15-7-6-8-17(12-15)28-3/h6-10,12-14H,4-5,11H2,1-3H3. The van der Waals surface area contributed by atoms with Crippen LogP contribution in [0.15, 0.2) is 57.7 Å². The lowest BCUT2D eigenvalue weighted by Gasteiger charge is -2.16. The van der Waals surface area contributed by atoms with Crippen LogP contribution < -0.4 is 4.74 Å². The Morgan fingerprint density at radius 1 is 1.20 bits per heavy atom. The summed E-state index contributed by atoms with van der Waals surface area (Å²) in [7, 11) is 3.43. The van der Waals surface area contributed by atoms with Crippen LogP contribution in [0.25, 0.3) is 33.8 Å². The summed E-state index contributed by atoms with van der Waals surface area (Å²) in [5.41, 5.74) is 3.04. The zero-order valence-electron chi connectivity index (χ0n) is 17.2. The maximum Gasteiger partial charge on any atom is 0.253 e. The number of hydrogen-bond acceptors (Lipinski definition) is 6. The van der Waals surface area contributed by atoms with Gasteiger partial charge in [0.2, 0.25) is 5.89 Å². The summed E-state index contributed by atoms with van der Waals surface area (Å²) in [6.45, 7) is 2.82. The van der Waals surface area contributed by atoms with Crippen LogP contribution in [0.1, 0.15) is 30.1 Å². The second-order valence-electron chi connectivity index (χ2n) is 7.09. The van der Waals surface area contributed by atoms with E-state index in [1.165, 1.54) is 6.26 Å². The van der Waals surface area contributed by atoms with Gasteiger partial charge in [-0.1, -0.05) is 24.6 Å². The molecule has 30 heavy (non-hydrogen) atoms. The average molecular weight is 405 g/mol. The van der Waals surface area contributed by atoms with Crippen LogP contribution in [0, 0.1) is 0 Å². The molecule has 0 unspecified atom stereocenters. The molecule has 0 aliphatic heterocycles. The number of amides is 1. The number of aromatic nitrogens is 2. The molecule has 0 aliphatic rings. The summed E-state index contributed by atoms with van der Waals surface area (Å²) >= 11 is 0. The van der Waals surface area contributed by atoms with Gasteiger partial charge in [0.25, 0.3) is 5.91 Å². The van der Waals surface area contributed by atoms with Crippen molar-refractivity contribution in [2.45, 2.75) is 19.8 Å². The number of nitrogens with zero attached hydrogens (tertiary/aromatic N) is 3. The van der Waals surface area contributed by atoms with Crippen molar-refractivity contribution in [3.8, 4) is 28.6 Å². The Kier molecular flexibility index (Phi) is 5.52. The van der Waals surface area contributed by atoms with Crippen molar-refractivity contribution < 1.29 is 18.5 Å². The average Bonchev–Trinajstić information content (AvgIpc) is 3.43. The third-order valence-electron chi connectivity index (χ3n) is 4.97. The summed E-state index contributed by atoms with van der Waals surface area (Å²) in [6.07, 6.45) is 3.54. The molecule has 1 amide bonds. The van der Waals surface area contributed by atoms with Crippen LogP contribution >= 0.6 is 0 Å². The SMILES string of the molecule is CCCCN(C)C(=O)c1ccc2onc(-c3coc(-c4cccc(OC)c4)n3)c2c1. The van der Waals surface area contributed by atoms with Gasteiger partial charge in [-0.25, -0.2) is 4.98 Å². The summed E-state index contributed by atoms with van der Waals surface area (Å²) in [4.78, 5) is 19.0. The lowest BCUT2D eigenvalue weighted by atomic mass is 10.1. The molecule has 0 atom stereocenters. The maximum absolute atomic E-state index is 12.7. The Labute approximate surface area is 174 Å². The van der Waals surface area contributed by atoms with Crippen molar-refractivity contribution in [2.75, 3.05) is 20.7 Å². The number of oxazole rings is 1. The molecule has 154 valence electrons. The summed E-state index contributed by atoms with van der Waals surface area (Å²) in [5, 5.41) is 4.87. The molecule has 0 saturated carbocycles. The number of carbonyl (C=O) groups excluding carboxylic acids is 1. The highest BCUT2D eigenvalue weighted by Gasteiger charge is 2.19. The van der Waals surface area contributed by atoms with Gasteiger partial charge in [-0.3, -0.25) is 4.79 Å². The van der Waals surface area contributed by atoms with Crippen LogP contribution in [0.5, 0.6) is 5.75 Å². The first-order chi connectivity index (χ1) is 14.6. The fraction of sp³-hybridized carbons (Fsp3) is 0.261. The largest absolute Gasteiger partial charge is 0.497 e. The minimum atomic E-state index is -0.0327. The number of rotatable bonds is 7. The number of benzene rings is 2. The molecule has 2 aromatic heterocycles. The fourth-order valence-electron chi connectivity index (χ4n) is 3.24. The molecule has 2 heterocycles. The van der Waals surface area contributed by atoms with Gasteiger partial charge in [0.05, 0.1) is 12.5 Å². The van der Waals surface area contributed by atoms with Crippen molar-refractivity contribution in [3.63, 3.8) is 0 Å². The normalized spacial score (nSPS) is 11.0. The molecular weight excluding hydrogens is 382 g/mol. The summed E-state index contributed by atoms with van der Waals surface area (Å²) in [5.74, 6) is 1.13. The van der Waals surface area contributed by atoms with Crippen molar-refractivity contribution in [3.05, 3.63) is 54.3 Å². The van der Waals surface area contributed by atoms with Crippen molar-refractivity contribution in [1.29, 1.82) is 0 Å². The van der Waals surface area contributed by atoms with Crippen molar-refractivity contribution in [1.82, 2.24) is 15.0 Å². The van der Waals surface area contributed by atoms with E-state index >= 15 is 0 Å². The Morgan fingerprint density at radius 3 is 2.87 bits per heavy atom. The molecule has 4 rings (SSSR count). The van der Waals surface area contributed by atoms with E-state index in [1.54, 1.807) is 30.2 Å². The van der Waals surface area contributed by atoms with Gasteiger partial charge < -0.3 is 18.6 Å². The van der Waals surface area contributed by atoms with Crippen LogP contribution in [0.3, 0.4) is 0 Å². The topological polar surface area (TPSA) is 81.6 Å². The molecular formula is C23H23N3O4. The molecule has 0 saturated heterocycles. The molecule has 7 nitrogen and oxygen atoms in total. The lowest BCUT2D eigenvalue weighted by molar-refractivity contribution is 0.0793. The van der Waals surface area contributed by atoms with E-state index in [4.69, 9.17) is 13.7 Å². The number of hydrogen-bond donors (Lipinski definition) is 0.